The van der Waals surface area contributed by atoms with Gasteiger partial charge in [0.2, 0.25) is 0 Å². The molecule has 2 rings (SSSR count). The van der Waals surface area contributed by atoms with Crippen LogP contribution in [0.1, 0.15) is 43.9 Å². The van der Waals surface area contributed by atoms with Gasteiger partial charge in [0, 0.05) is 17.4 Å². The van der Waals surface area contributed by atoms with Crippen LogP contribution in [0.4, 0.5) is 0 Å². The highest BCUT2D eigenvalue weighted by Gasteiger charge is 2.29. The van der Waals surface area contributed by atoms with E-state index in [1.807, 2.05) is 7.05 Å². The van der Waals surface area contributed by atoms with Gasteiger partial charge < -0.3 is 0 Å². The summed E-state index contributed by atoms with van der Waals surface area (Å²) in [5.74, 6) is 1.59. The molecule has 1 aromatic heterocycles. The molecule has 0 aromatic carbocycles. The second kappa shape index (κ2) is 5.96. The summed E-state index contributed by atoms with van der Waals surface area (Å²) in [5.41, 5.74) is 2.33. The lowest BCUT2D eigenvalue weighted by Crippen LogP contribution is -2.26. The lowest BCUT2D eigenvalue weighted by atomic mass is 9.77. The van der Waals surface area contributed by atoms with E-state index >= 15 is 0 Å². The van der Waals surface area contributed by atoms with Crippen molar-refractivity contribution in [2.24, 2.45) is 18.9 Å². The third kappa shape index (κ3) is 2.93. The van der Waals surface area contributed by atoms with Crippen molar-refractivity contribution in [2.45, 2.75) is 50.8 Å². The average Bonchev–Trinajstić information content (AvgIpc) is 2.58. The number of rotatable bonds is 3. The summed E-state index contributed by atoms with van der Waals surface area (Å²) in [6.45, 7) is 4.36. The molecule has 0 spiro atoms. The maximum atomic E-state index is 6.34. The van der Waals surface area contributed by atoms with Crippen molar-refractivity contribution in [1.29, 1.82) is 0 Å². The first-order valence-electron chi connectivity index (χ1n) is 6.85. The molecule has 0 amide bonds. The van der Waals surface area contributed by atoms with Crippen LogP contribution in [0.5, 0.6) is 0 Å². The first kappa shape index (κ1) is 14.4. The SMILES string of the molecule is CCC1CCC(Br)C(Cc2c(C)nn(C)c2Cl)C1. The quantitative estimate of drug-likeness (QED) is 0.744. The van der Waals surface area contributed by atoms with Gasteiger partial charge in [-0.05, 0) is 44.4 Å². The molecule has 3 unspecified atom stereocenters. The Kier molecular flexibility index (Phi) is 4.76. The monoisotopic (exact) mass is 332 g/mol. The molecule has 1 aromatic rings. The van der Waals surface area contributed by atoms with Gasteiger partial charge in [0.25, 0.3) is 0 Å². The zero-order valence-corrected chi connectivity index (χ0v) is 13.8. The van der Waals surface area contributed by atoms with E-state index in [0.29, 0.717) is 10.7 Å². The maximum Gasteiger partial charge on any atom is 0.130 e. The predicted molar refractivity (Wildman–Crippen MR) is 80.5 cm³/mol. The average molecular weight is 334 g/mol. The Labute approximate surface area is 123 Å². The van der Waals surface area contributed by atoms with E-state index in [-0.39, 0.29) is 0 Å². The summed E-state index contributed by atoms with van der Waals surface area (Å²) in [5, 5.41) is 5.22. The van der Waals surface area contributed by atoms with Crippen molar-refractivity contribution in [3.63, 3.8) is 0 Å². The van der Waals surface area contributed by atoms with Crippen molar-refractivity contribution in [1.82, 2.24) is 9.78 Å². The van der Waals surface area contributed by atoms with Gasteiger partial charge in [-0.25, -0.2) is 0 Å². The molecule has 1 aliphatic rings. The molecule has 1 aliphatic carbocycles. The van der Waals surface area contributed by atoms with Crippen molar-refractivity contribution in [3.05, 3.63) is 16.4 Å². The Morgan fingerprint density at radius 2 is 2.17 bits per heavy atom. The third-order valence-corrected chi connectivity index (χ3v) is 5.99. The van der Waals surface area contributed by atoms with E-state index in [2.05, 4.69) is 34.9 Å². The van der Waals surface area contributed by atoms with Crippen LogP contribution < -0.4 is 0 Å². The fraction of sp³-hybridized carbons (Fsp3) is 0.786. The minimum Gasteiger partial charge on any atom is -0.257 e. The van der Waals surface area contributed by atoms with Gasteiger partial charge in [-0.15, -0.1) is 0 Å². The van der Waals surface area contributed by atoms with Crippen LogP contribution in [0.15, 0.2) is 0 Å². The van der Waals surface area contributed by atoms with Crippen LogP contribution in [0.2, 0.25) is 5.15 Å². The number of aryl methyl sites for hydroxylation is 2. The van der Waals surface area contributed by atoms with Crippen molar-refractivity contribution < 1.29 is 0 Å². The highest BCUT2D eigenvalue weighted by molar-refractivity contribution is 9.09. The molecule has 0 radical (unpaired) electrons. The van der Waals surface area contributed by atoms with Crippen LogP contribution in [0, 0.1) is 18.8 Å². The van der Waals surface area contributed by atoms with Crippen molar-refractivity contribution in [3.8, 4) is 0 Å². The summed E-state index contributed by atoms with van der Waals surface area (Å²) in [6, 6.07) is 0. The second-order valence-corrected chi connectivity index (χ2v) is 7.08. The van der Waals surface area contributed by atoms with Gasteiger partial charge in [0.05, 0.1) is 5.69 Å². The Balaban J connectivity index is 2.11. The Morgan fingerprint density at radius 1 is 1.44 bits per heavy atom. The molecule has 0 bridgehead atoms. The molecule has 1 fully saturated rings. The summed E-state index contributed by atoms with van der Waals surface area (Å²) < 4.78 is 1.79. The molecule has 1 heterocycles. The number of hydrogen-bond acceptors (Lipinski definition) is 1. The first-order chi connectivity index (χ1) is 8.52. The van der Waals surface area contributed by atoms with Gasteiger partial charge >= 0.3 is 0 Å². The fourth-order valence-corrected chi connectivity index (χ4v) is 3.99. The molecule has 0 saturated heterocycles. The molecule has 2 nitrogen and oxygen atoms in total. The molecule has 3 atom stereocenters. The summed E-state index contributed by atoms with van der Waals surface area (Å²) in [4.78, 5) is 0.635. The number of alkyl halides is 1. The molecule has 102 valence electrons. The van der Waals surface area contributed by atoms with Crippen LogP contribution in [0.3, 0.4) is 0 Å². The molecule has 0 N–H and O–H groups in total. The van der Waals surface area contributed by atoms with E-state index in [0.717, 1.165) is 23.2 Å². The molecular weight excluding hydrogens is 312 g/mol. The number of halogens is 2. The first-order valence-corrected chi connectivity index (χ1v) is 8.14. The van der Waals surface area contributed by atoms with E-state index in [9.17, 15) is 0 Å². The largest absolute Gasteiger partial charge is 0.257 e. The summed E-state index contributed by atoms with van der Waals surface area (Å²) in [7, 11) is 1.92. The van der Waals surface area contributed by atoms with Gasteiger partial charge in [0.15, 0.2) is 0 Å². The van der Waals surface area contributed by atoms with Crippen molar-refractivity contribution in [2.75, 3.05) is 0 Å². The molecular formula is C14H22BrClN2. The second-order valence-electron chi connectivity index (χ2n) is 5.55. The highest BCUT2D eigenvalue weighted by Crippen LogP contribution is 2.38. The molecule has 1 saturated carbocycles. The normalized spacial score (nSPS) is 28.6. The number of nitrogens with zero attached hydrogens (tertiary/aromatic N) is 2. The lowest BCUT2D eigenvalue weighted by Gasteiger charge is -2.33. The lowest BCUT2D eigenvalue weighted by molar-refractivity contribution is 0.271. The van der Waals surface area contributed by atoms with E-state index < -0.39 is 0 Å². The summed E-state index contributed by atoms with van der Waals surface area (Å²) >= 11 is 10.2. The van der Waals surface area contributed by atoms with Crippen LogP contribution in [-0.2, 0) is 13.5 Å². The van der Waals surface area contributed by atoms with Gasteiger partial charge in [-0.1, -0.05) is 40.9 Å². The minimum atomic E-state index is 0.635. The van der Waals surface area contributed by atoms with Crippen LogP contribution >= 0.6 is 27.5 Å². The van der Waals surface area contributed by atoms with Crippen LogP contribution in [-0.4, -0.2) is 14.6 Å². The zero-order valence-electron chi connectivity index (χ0n) is 11.4. The zero-order chi connectivity index (χ0) is 13.3. The highest BCUT2D eigenvalue weighted by atomic mass is 79.9. The van der Waals surface area contributed by atoms with Gasteiger partial charge in [-0.3, -0.25) is 4.68 Å². The standard InChI is InChI=1S/C14H22BrClN2/c1-4-10-5-6-13(15)11(7-10)8-12-9(2)17-18(3)14(12)16/h10-11,13H,4-8H2,1-3H3. The molecule has 4 heteroatoms. The third-order valence-electron chi connectivity index (χ3n) is 4.31. The maximum absolute atomic E-state index is 6.34. The topological polar surface area (TPSA) is 17.8 Å². The number of aromatic nitrogens is 2. The number of hydrogen-bond donors (Lipinski definition) is 0. The van der Waals surface area contributed by atoms with Gasteiger partial charge in [0.1, 0.15) is 5.15 Å². The minimum absolute atomic E-state index is 0.635. The smallest absolute Gasteiger partial charge is 0.130 e. The van der Waals surface area contributed by atoms with E-state index in [1.54, 1.807) is 4.68 Å². The van der Waals surface area contributed by atoms with Crippen molar-refractivity contribution >= 4 is 27.5 Å². The fourth-order valence-electron chi connectivity index (χ4n) is 3.07. The van der Waals surface area contributed by atoms with Crippen LogP contribution in [0.25, 0.3) is 0 Å². The Morgan fingerprint density at radius 3 is 2.72 bits per heavy atom. The molecule has 0 aliphatic heterocycles. The van der Waals surface area contributed by atoms with Gasteiger partial charge in [-0.2, -0.15) is 5.10 Å². The molecule has 18 heavy (non-hydrogen) atoms. The summed E-state index contributed by atoms with van der Waals surface area (Å²) in [6.07, 6.45) is 6.33. The Bertz CT molecular complexity index is 416. The van der Waals surface area contributed by atoms with E-state index in [1.165, 1.54) is 31.2 Å². The Hall–Kier alpha value is -0.0200. The van der Waals surface area contributed by atoms with E-state index in [4.69, 9.17) is 11.6 Å². The predicted octanol–water partition coefficient (Wildman–Crippen LogP) is 4.51.